The molecule has 2 heteroatoms. The summed E-state index contributed by atoms with van der Waals surface area (Å²) in [6, 6.07) is 34.3. The molecule has 0 aliphatic rings. The highest BCUT2D eigenvalue weighted by Gasteiger charge is 2.22. The van der Waals surface area contributed by atoms with Crippen molar-refractivity contribution in [1.29, 1.82) is 0 Å². The van der Waals surface area contributed by atoms with Crippen LogP contribution < -0.4 is 20.7 Å². The first-order chi connectivity index (χ1) is 12.4. The zero-order chi connectivity index (χ0) is 17.1. The van der Waals surface area contributed by atoms with Gasteiger partial charge in [-0.3, -0.25) is 0 Å². The Morgan fingerprint density at radius 2 is 1.16 bits per heavy atom. The van der Waals surface area contributed by atoms with Crippen molar-refractivity contribution in [3.63, 3.8) is 0 Å². The van der Waals surface area contributed by atoms with Crippen LogP contribution in [-0.2, 0) is 0 Å². The average Bonchev–Trinajstić information content (AvgIpc) is 2.70. The number of hydrogen-bond donors (Lipinski definition) is 0. The smallest absolute Gasteiger partial charge is 0.127 e. The lowest BCUT2D eigenvalue weighted by molar-refractivity contribution is 0.419. The standard InChI is InChI=1S/C23H19OP/c1-24-22-17-16-18-10-8-9-15-21(18)23(22)25(19-11-4-2-5-12-19)20-13-6-3-7-14-20/h2-17H,1H3. The zero-order valence-corrected chi connectivity index (χ0v) is 15.0. The van der Waals surface area contributed by atoms with E-state index in [1.165, 1.54) is 26.7 Å². The summed E-state index contributed by atoms with van der Waals surface area (Å²) in [4.78, 5) is 0. The van der Waals surface area contributed by atoms with Crippen LogP contribution in [0, 0.1) is 0 Å². The molecular formula is C23H19OP. The van der Waals surface area contributed by atoms with Gasteiger partial charge in [-0.15, -0.1) is 0 Å². The lowest BCUT2D eigenvalue weighted by Gasteiger charge is -2.23. The maximum Gasteiger partial charge on any atom is 0.127 e. The second-order valence-corrected chi connectivity index (χ2v) is 7.99. The fourth-order valence-corrected chi connectivity index (χ4v) is 5.78. The minimum Gasteiger partial charge on any atom is -0.496 e. The topological polar surface area (TPSA) is 9.23 Å². The van der Waals surface area contributed by atoms with Crippen LogP contribution in [0.4, 0.5) is 0 Å². The maximum atomic E-state index is 5.79. The average molecular weight is 342 g/mol. The first-order valence-electron chi connectivity index (χ1n) is 8.34. The third-order valence-electron chi connectivity index (χ3n) is 4.34. The zero-order valence-electron chi connectivity index (χ0n) is 14.1. The van der Waals surface area contributed by atoms with E-state index in [2.05, 4.69) is 97.1 Å². The van der Waals surface area contributed by atoms with Gasteiger partial charge in [-0.2, -0.15) is 0 Å². The minimum atomic E-state index is -0.697. The molecule has 0 atom stereocenters. The van der Waals surface area contributed by atoms with Gasteiger partial charge < -0.3 is 4.74 Å². The maximum absolute atomic E-state index is 5.79. The summed E-state index contributed by atoms with van der Waals surface area (Å²) in [5.74, 6) is 0.956. The van der Waals surface area contributed by atoms with Crippen molar-refractivity contribution in [2.75, 3.05) is 7.11 Å². The molecule has 0 N–H and O–H groups in total. The number of rotatable bonds is 4. The van der Waals surface area contributed by atoms with Crippen molar-refractivity contribution in [2.45, 2.75) is 0 Å². The molecule has 4 aromatic rings. The highest BCUT2D eigenvalue weighted by atomic mass is 31.1. The minimum absolute atomic E-state index is 0.697. The molecule has 4 aromatic carbocycles. The van der Waals surface area contributed by atoms with Crippen LogP contribution in [0.3, 0.4) is 0 Å². The van der Waals surface area contributed by atoms with Crippen LogP contribution in [0.25, 0.3) is 10.8 Å². The first-order valence-corrected chi connectivity index (χ1v) is 9.68. The molecule has 0 saturated carbocycles. The second-order valence-electron chi connectivity index (χ2n) is 5.84. The van der Waals surface area contributed by atoms with Gasteiger partial charge in [-0.05, 0) is 35.4 Å². The lowest BCUT2D eigenvalue weighted by atomic mass is 10.1. The number of methoxy groups -OCH3 is 1. The number of ether oxygens (including phenoxy) is 1. The predicted octanol–water partition coefficient (Wildman–Crippen LogP) is 4.61. The van der Waals surface area contributed by atoms with Crippen molar-refractivity contribution >= 4 is 34.6 Å². The molecule has 0 fully saturated rings. The highest BCUT2D eigenvalue weighted by molar-refractivity contribution is 7.80. The van der Waals surface area contributed by atoms with Gasteiger partial charge in [0, 0.05) is 5.30 Å². The van der Waals surface area contributed by atoms with Crippen LogP contribution in [0.5, 0.6) is 5.75 Å². The molecule has 0 aromatic heterocycles. The first kappa shape index (κ1) is 15.9. The van der Waals surface area contributed by atoms with Crippen LogP contribution in [0.1, 0.15) is 0 Å². The van der Waals surface area contributed by atoms with Gasteiger partial charge in [0.05, 0.1) is 7.11 Å². The molecule has 0 heterocycles. The fourth-order valence-electron chi connectivity index (χ4n) is 3.19. The molecule has 0 amide bonds. The van der Waals surface area contributed by atoms with E-state index in [9.17, 15) is 0 Å². The predicted molar refractivity (Wildman–Crippen MR) is 109 cm³/mol. The van der Waals surface area contributed by atoms with E-state index in [1.54, 1.807) is 7.11 Å². The molecule has 0 radical (unpaired) electrons. The van der Waals surface area contributed by atoms with Gasteiger partial charge in [0.1, 0.15) is 5.75 Å². The van der Waals surface area contributed by atoms with Crippen molar-refractivity contribution in [3.8, 4) is 5.75 Å². The summed E-state index contributed by atoms with van der Waals surface area (Å²) in [5, 5.41) is 6.46. The summed E-state index contributed by atoms with van der Waals surface area (Å²) >= 11 is 0. The van der Waals surface area contributed by atoms with Crippen molar-refractivity contribution < 1.29 is 4.74 Å². The van der Waals surface area contributed by atoms with Gasteiger partial charge in [0.15, 0.2) is 0 Å². The normalized spacial score (nSPS) is 11.0. The van der Waals surface area contributed by atoms with Crippen LogP contribution >= 0.6 is 7.92 Å². The second kappa shape index (κ2) is 7.09. The monoisotopic (exact) mass is 342 g/mol. The Bertz CT molecular complexity index is 941. The molecule has 0 aliphatic carbocycles. The Labute approximate surface area is 149 Å². The quantitative estimate of drug-likeness (QED) is 0.492. The molecule has 0 bridgehead atoms. The number of hydrogen-bond acceptors (Lipinski definition) is 1. The van der Waals surface area contributed by atoms with E-state index in [-0.39, 0.29) is 0 Å². The van der Waals surface area contributed by atoms with E-state index in [1.807, 2.05) is 0 Å². The van der Waals surface area contributed by atoms with E-state index >= 15 is 0 Å². The SMILES string of the molecule is COc1ccc2ccccc2c1P(c1ccccc1)c1ccccc1. The van der Waals surface area contributed by atoms with E-state index in [0.717, 1.165) is 5.75 Å². The molecule has 0 saturated heterocycles. The Hall–Kier alpha value is -2.63. The molecule has 1 nitrogen and oxygen atoms in total. The number of benzene rings is 4. The Kier molecular flexibility index (Phi) is 4.50. The summed E-state index contributed by atoms with van der Waals surface area (Å²) in [6.07, 6.45) is 0. The lowest BCUT2D eigenvalue weighted by Crippen LogP contribution is -2.22. The van der Waals surface area contributed by atoms with Crippen molar-refractivity contribution in [1.82, 2.24) is 0 Å². The third kappa shape index (κ3) is 3.04. The van der Waals surface area contributed by atoms with Crippen LogP contribution in [0.2, 0.25) is 0 Å². The third-order valence-corrected chi connectivity index (χ3v) is 6.87. The molecular weight excluding hydrogens is 323 g/mol. The van der Waals surface area contributed by atoms with Gasteiger partial charge >= 0.3 is 0 Å². The van der Waals surface area contributed by atoms with Crippen molar-refractivity contribution in [3.05, 3.63) is 97.1 Å². The largest absolute Gasteiger partial charge is 0.496 e. The van der Waals surface area contributed by atoms with Gasteiger partial charge in [-0.1, -0.05) is 91.0 Å². The summed E-state index contributed by atoms with van der Waals surface area (Å²) in [5.41, 5.74) is 0. The summed E-state index contributed by atoms with van der Waals surface area (Å²) in [7, 11) is 1.06. The van der Waals surface area contributed by atoms with E-state index < -0.39 is 7.92 Å². The molecule has 25 heavy (non-hydrogen) atoms. The van der Waals surface area contributed by atoms with Gasteiger partial charge in [0.25, 0.3) is 0 Å². The van der Waals surface area contributed by atoms with Crippen LogP contribution in [0.15, 0.2) is 97.1 Å². The molecule has 4 rings (SSSR count). The van der Waals surface area contributed by atoms with Gasteiger partial charge in [-0.25, -0.2) is 0 Å². The Morgan fingerprint density at radius 3 is 1.76 bits per heavy atom. The van der Waals surface area contributed by atoms with Crippen LogP contribution in [-0.4, -0.2) is 7.11 Å². The molecule has 0 unspecified atom stereocenters. The van der Waals surface area contributed by atoms with Gasteiger partial charge in [0.2, 0.25) is 0 Å². The summed E-state index contributed by atoms with van der Waals surface area (Å²) in [6.45, 7) is 0. The highest BCUT2D eigenvalue weighted by Crippen LogP contribution is 2.39. The fraction of sp³-hybridized carbons (Fsp3) is 0.0435. The van der Waals surface area contributed by atoms with Crippen molar-refractivity contribution in [2.24, 2.45) is 0 Å². The molecule has 0 aliphatic heterocycles. The number of fused-ring (bicyclic) bond motifs is 1. The Morgan fingerprint density at radius 1 is 0.600 bits per heavy atom. The Balaban J connectivity index is 2.05. The summed E-state index contributed by atoms with van der Waals surface area (Å²) < 4.78 is 5.79. The molecule has 0 spiro atoms. The van der Waals surface area contributed by atoms with E-state index in [0.29, 0.717) is 0 Å². The molecule has 122 valence electrons. The van der Waals surface area contributed by atoms with E-state index in [4.69, 9.17) is 4.74 Å².